The number of hydrogen-bond acceptors (Lipinski definition) is 2. The van der Waals surface area contributed by atoms with Gasteiger partial charge in [0, 0.05) is 17.5 Å². The summed E-state index contributed by atoms with van der Waals surface area (Å²) in [4.78, 5) is 0. The molecule has 2 nitrogen and oxygen atoms in total. The minimum Gasteiger partial charge on any atom is -0.490 e. The van der Waals surface area contributed by atoms with E-state index in [1.54, 1.807) is 0 Å². The van der Waals surface area contributed by atoms with Crippen molar-refractivity contribution < 1.29 is 31.4 Å². The van der Waals surface area contributed by atoms with E-state index >= 15 is 0 Å². The summed E-state index contributed by atoms with van der Waals surface area (Å²) in [6, 6.07) is 2.08. The third-order valence-corrected chi connectivity index (χ3v) is 3.67. The fraction of sp³-hybridized carbons (Fsp3) is 0.500. The van der Waals surface area contributed by atoms with Gasteiger partial charge in [-0.15, -0.1) is 11.6 Å². The third-order valence-electron chi connectivity index (χ3n) is 2.84. The van der Waals surface area contributed by atoms with E-state index in [1.165, 1.54) is 0 Å². The summed E-state index contributed by atoms with van der Waals surface area (Å²) in [5.74, 6) is -4.91. The lowest BCUT2D eigenvalue weighted by atomic mass is 10.1. The molecular weight excluding hydrogens is 342 g/mol. The van der Waals surface area contributed by atoms with Crippen molar-refractivity contribution in [3.05, 3.63) is 22.7 Å². The lowest BCUT2D eigenvalue weighted by Crippen LogP contribution is -2.40. The highest BCUT2D eigenvalue weighted by molar-refractivity contribution is 6.33. The van der Waals surface area contributed by atoms with E-state index in [2.05, 4.69) is 0 Å². The van der Waals surface area contributed by atoms with Gasteiger partial charge < -0.3 is 9.47 Å². The third kappa shape index (κ3) is 3.13. The van der Waals surface area contributed by atoms with Crippen LogP contribution >= 0.6 is 23.2 Å². The Kier molecular flexibility index (Phi) is 4.44. The van der Waals surface area contributed by atoms with E-state index < -0.39 is 23.0 Å². The van der Waals surface area contributed by atoms with Gasteiger partial charge in [-0.3, -0.25) is 0 Å². The first kappa shape index (κ1) is 16.4. The largest absolute Gasteiger partial charge is 0.490 e. The minimum absolute atomic E-state index is 0.0375. The quantitative estimate of drug-likeness (QED) is 0.553. The van der Waals surface area contributed by atoms with Crippen molar-refractivity contribution in [2.24, 2.45) is 0 Å². The van der Waals surface area contributed by atoms with Gasteiger partial charge in [-0.1, -0.05) is 11.6 Å². The summed E-state index contributed by atoms with van der Waals surface area (Å²) >= 11 is 11.1. The molecule has 1 heterocycles. The fourth-order valence-corrected chi connectivity index (χ4v) is 2.36. The van der Waals surface area contributed by atoms with E-state index in [-0.39, 0.29) is 23.1 Å². The van der Waals surface area contributed by atoms with Gasteiger partial charge in [-0.25, -0.2) is 0 Å². The zero-order valence-corrected chi connectivity index (χ0v) is 11.8. The molecule has 118 valence electrons. The Morgan fingerprint density at radius 1 is 1.00 bits per heavy atom. The Morgan fingerprint density at radius 3 is 2.05 bits per heavy atom. The summed E-state index contributed by atoms with van der Waals surface area (Å²) in [7, 11) is 0. The first-order chi connectivity index (χ1) is 9.64. The Labute approximate surface area is 126 Å². The van der Waals surface area contributed by atoms with E-state index in [4.69, 9.17) is 32.7 Å². The first-order valence-corrected chi connectivity index (χ1v) is 6.63. The van der Waals surface area contributed by atoms with Crippen LogP contribution in [0.4, 0.5) is 22.0 Å². The minimum atomic E-state index is -5.78. The van der Waals surface area contributed by atoms with E-state index in [0.29, 0.717) is 13.0 Å². The average Bonchev–Trinajstić information content (AvgIpc) is 2.60. The van der Waals surface area contributed by atoms with Crippen LogP contribution in [0.2, 0.25) is 5.02 Å². The lowest BCUT2D eigenvalue weighted by molar-refractivity contribution is -0.283. The van der Waals surface area contributed by atoms with E-state index in [0.717, 1.165) is 12.1 Å². The molecule has 0 saturated heterocycles. The molecule has 1 aromatic rings. The monoisotopic (exact) mass is 350 g/mol. The highest BCUT2D eigenvalue weighted by Gasteiger charge is 2.62. The van der Waals surface area contributed by atoms with Crippen molar-refractivity contribution in [1.82, 2.24) is 0 Å². The zero-order valence-electron chi connectivity index (χ0n) is 10.3. The maximum absolute atomic E-state index is 13.3. The van der Waals surface area contributed by atoms with Crippen LogP contribution in [-0.2, 0) is 0 Å². The zero-order chi connectivity index (χ0) is 15.8. The molecule has 0 aromatic heterocycles. The molecule has 0 radical (unpaired) electrons. The number of fused-ring (bicyclic) bond motifs is 1. The lowest BCUT2D eigenvalue weighted by Gasteiger charge is -2.25. The van der Waals surface area contributed by atoms with E-state index in [1.807, 2.05) is 0 Å². The maximum Gasteiger partial charge on any atom is 0.455 e. The molecule has 9 heteroatoms. The van der Waals surface area contributed by atoms with Crippen molar-refractivity contribution in [2.45, 2.75) is 23.9 Å². The summed E-state index contributed by atoms with van der Waals surface area (Å²) in [5, 5.41) is -3.01. The smallest absolute Gasteiger partial charge is 0.455 e. The molecule has 0 N–H and O–H groups in total. The van der Waals surface area contributed by atoms with Crippen molar-refractivity contribution in [2.75, 3.05) is 13.2 Å². The Bertz CT molecular complexity index is 533. The molecule has 2 rings (SSSR count). The summed E-state index contributed by atoms with van der Waals surface area (Å²) < 4.78 is 74.2. The molecule has 1 aliphatic rings. The highest BCUT2D eigenvalue weighted by Crippen LogP contribution is 2.50. The van der Waals surface area contributed by atoms with E-state index in [9.17, 15) is 22.0 Å². The summed E-state index contributed by atoms with van der Waals surface area (Å²) in [6.45, 7) is 0.572. The Hall–Kier alpha value is -0.950. The normalized spacial score (nSPS) is 17.3. The van der Waals surface area contributed by atoms with Crippen LogP contribution in [0, 0.1) is 0 Å². The van der Waals surface area contributed by atoms with Crippen LogP contribution in [0.5, 0.6) is 11.5 Å². The Morgan fingerprint density at radius 2 is 1.52 bits per heavy atom. The number of benzene rings is 1. The average molecular weight is 351 g/mol. The van der Waals surface area contributed by atoms with Crippen molar-refractivity contribution in [1.29, 1.82) is 0 Å². The first-order valence-electron chi connectivity index (χ1n) is 5.82. The van der Waals surface area contributed by atoms with Gasteiger partial charge >= 0.3 is 12.1 Å². The molecule has 0 aliphatic carbocycles. The molecule has 1 unspecified atom stereocenters. The van der Waals surface area contributed by atoms with Gasteiger partial charge in [-0.2, -0.15) is 22.0 Å². The van der Waals surface area contributed by atoms with Crippen molar-refractivity contribution in [3.63, 3.8) is 0 Å². The predicted octanol–water partition coefficient (Wildman–Crippen LogP) is 4.98. The second-order valence-corrected chi connectivity index (χ2v) is 5.20. The van der Waals surface area contributed by atoms with Crippen molar-refractivity contribution in [3.8, 4) is 11.5 Å². The van der Waals surface area contributed by atoms with Gasteiger partial charge in [0.15, 0.2) is 11.5 Å². The number of hydrogen-bond donors (Lipinski definition) is 0. The molecular formula is C12H9Cl2F5O2. The van der Waals surface area contributed by atoms with Crippen LogP contribution in [0.15, 0.2) is 12.1 Å². The molecule has 0 spiro atoms. The summed E-state index contributed by atoms with van der Waals surface area (Å²) in [5.41, 5.74) is -0.565. The molecule has 0 bridgehead atoms. The molecule has 21 heavy (non-hydrogen) atoms. The standard InChI is InChI=1S/C12H9Cl2F5O2/c13-7-5-9-8(20-2-1-3-21-9)4-6(7)10(14)11(15,16)12(17,18)19/h4-5,10H,1-3H2. The predicted molar refractivity (Wildman–Crippen MR) is 66.7 cm³/mol. The van der Waals surface area contributed by atoms with Crippen molar-refractivity contribution >= 4 is 23.2 Å². The van der Waals surface area contributed by atoms with Crippen LogP contribution in [-0.4, -0.2) is 25.3 Å². The second kappa shape index (κ2) is 5.68. The SMILES string of the molecule is FC(F)(F)C(F)(F)C(Cl)c1cc2c(cc1Cl)OCCCO2. The molecule has 1 aliphatic heterocycles. The second-order valence-electron chi connectivity index (χ2n) is 4.35. The van der Waals surface area contributed by atoms with Gasteiger partial charge in [0.05, 0.1) is 13.2 Å². The maximum atomic E-state index is 13.3. The number of alkyl halides is 6. The van der Waals surface area contributed by atoms with Gasteiger partial charge in [-0.05, 0) is 11.6 Å². The molecule has 0 fully saturated rings. The van der Waals surface area contributed by atoms with Crippen LogP contribution in [0.3, 0.4) is 0 Å². The van der Waals surface area contributed by atoms with Crippen LogP contribution < -0.4 is 9.47 Å². The van der Waals surface area contributed by atoms with Gasteiger partial charge in [0.1, 0.15) is 5.38 Å². The molecule has 0 amide bonds. The van der Waals surface area contributed by atoms with Crippen LogP contribution in [0.1, 0.15) is 17.4 Å². The highest BCUT2D eigenvalue weighted by atomic mass is 35.5. The Balaban J connectivity index is 2.42. The number of rotatable bonds is 2. The van der Waals surface area contributed by atoms with Gasteiger partial charge in [0.25, 0.3) is 0 Å². The van der Waals surface area contributed by atoms with Crippen LogP contribution in [0.25, 0.3) is 0 Å². The van der Waals surface area contributed by atoms with Gasteiger partial charge in [0.2, 0.25) is 0 Å². The number of halogens is 7. The topological polar surface area (TPSA) is 18.5 Å². The molecule has 1 aromatic carbocycles. The number of ether oxygens (including phenoxy) is 2. The summed E-state index contributed by atoms with van der Waals surface area (Å²) in [6.07, 6.45) is -5.24. The fourth-order valence-electron chi connectivity index (χ4n) is 1.73. The molecule has 0 saturated carbocycles. The molecule has 1 atom stereocenters.